The maximum Gasteiger partial charge on any atom is 0.0860 e. The SMILES string of the molecule is Cc1cc(CNC2CCN(CCN3CC=Cc4ncccc43)CC2)sc1Br. The zero-order valence-electron chi connectivity index (χ0n) is 15.8. The van der Waals surface area contributed by atoms with Gasteiger partial charge in [0.1, 0.15) is 0 Å². The Balaban J connectivity index is 1.20. The van der Waals surface area contributed by atoms with Crippen LogP contribution in [0.1, 0.15) is 29.0 Å². The van der Waals surface area contributed by atoms with E-state index in [2.05, 4.69) is 67.2 Å². The van der Waals surface area contributed by atoms with Crippen molar-refractivity contribution in [2.45, 2.75) is 32.4 Å². The summed E-state index contributed by atoms with van der Waals surface area (Å²) < 4.78 is 1.26. The molecule has 1 saturated heterocycles. The maximum absolute atomic E-state index is 4.47. The summed E-state index contributed by atoms with van der Waals surface area (Å²) in [6.07, 6.45) is 8.71. The van der Waals surface area contributed by atoms with Gasteiger partial charge in [-0.05, 0) is 78.6 Å². The van der Waals surface area contributed by atoms with Gasteiger partial charge in [0.05, 0.1) is 15.2 Å². The number of aromatic nitrogens is 1. The number of halogens is 1. The van der Waals surface area contributed by atoms with Crippen LogP contribution in [0.15, 0.2) is 34.3 Å². The molecular formula is C21H27BrN4S. The third-order valence-electron chi connectivity index (χ3n) is 5.51. The first kappa shape index (κ1) is 19.1. The normalized spacial score (nSPS) is 18.1. The van der Waals surface area contributed by atoms with Crippen molar-refractivity contribution < 1.29 is 0 Å². The molecule has 0 aromatic carbocycles. The molecule has 2 aliphatic heterocycles. The van der Waals surface area contributed by atoms with Crippen LogP contribution >= 0.6 is 27.3 Å². The van der Waals surface area contributed by atoms with Gasteiger partial charge in [-0.1, -0.05) is 6.08 Å². The molecule has 0 atom stereocenters. The molecule has 0 amide bonds. The molecule has 1 N–H and O–H groups in total. The molecule has 2 aromatic rings. The summed E-state index contributed by atoms with van der Waals surface area (Å²) in [7, 11) is 0. The van der Waals surface area contributed by atoms with Crippen molar-refractivity contribution >= 4 is 39.0 Å². The first-order valence-corrected chi connectivity index (χ1v) is 11.4. The Morgan fingerprint density at radius 2 is 2.15 bits per heavy atom. The van der Waals surface area contributed by atoms with Crippen molar-refractivity contribution in [3.63, 3.8) is 0 Å². The van der Waals surface area contributed by atoms with Gasteiger partial charge >= 0.3 is 0 Å². The number of likely N-dealkylation sites (tertiary alicyclic amines) is 1. The Morgan fingerprint density at radius 3 is 2.93 bits per heavy atom. The first-order valence-electron chi connectivity index (χ1n) is 9.76. The minimum atomic E-state index is 0.644. The predicted octanol–water partition coefficient (Wildman–Crippen LogP) is 4.30. The highest BCUT2D eigenvalue weighted by atomic mass is 79.9. The zero-order chi connectivity index (χ0) is 18.6. The molecule has 0 aliphatic carbocycles. The van der Waals surface area contributed by atoms with Crippen LogP contribution in [-0.4, -0.2) is 48.6 Å². The van der Waals surface area contributed by atoms with E-state index in [9.17, 15) is 0 Å². The number of anilines is 1. The number of aryl methyl sites for hydroxylation is 1. The van der Waals surface area contributed by atoms with Crippen LogP contribution in [-0.2, 0) is 6.54 Å². The summed E-state index contributed by atoms with van der Waals surface area (Å²) >= 11 is 5.47. The lowest BCUT2D eigenvalue weighted by molar-refractivity contribution is 0.201. The van der Waals surface area contributed by atoms with Crippen LogP contribution in [0.2, 0.25) is 0 Å². The van der Waals surface area contributed by atoms with Gasteiger partial charge in [-0.25, -0.2) is 0 Å². The Hall–Kier alpha value is -1.21. The van der Waals surface area contributed by atoms with Gasteiger partial charge in [0.25, 0.3) is 0 Å². The molecule has 27 heavy (non-hydrogen) atoms. The van der Waals surface area contributed by atoms with Crippen LogP contribution in [0.5, 0.6) is 0 Å². The van der Waals surface area contributed by atoms with Gasteiger partial charge in [-0.15, -0.1) is 11.3 Å². The van der Waals surface area contributed by atoms with E-state index in [1.807, 2.05) is 23.6 Å². The Morgan fingerprint density at radius 1 is 1.30 bits per heavy atom. The average Bonchev–Trinajstić information content (AvgIpc) is 3.03. The lowest BCUT2D eigenvalue weighted by atomic mass is 10.0. The highest BCUT2D eigenvalue weighted by Crippen LogP contribution is 2.27. The standard InChI is InChI=1S/C21H27BrN4S/c1-16-14-18(27-21(16)22)15-24-17-6-10-25(11-7-17)12-13-26-9-3-4-19-20(26)5-2-8-23-19/h2-5,8,14,17,24H,6-7,9-13,15H2,1H3. The Bertz CT molecular complexity index is 776. The van der Waals surface area contributed by atoms with Crippen molar-refractivity contribution in [3.8, 4) is 0 Å². The summed E-state index contributed by atoms with van der Waals surface area (Å²) in [5.41, 5.74) is 3.71. The number of pyridine rings is 1. The van der Waals surface area contributed by atoms with E-state index in [-0.39, 0.29) is 0 Å². The molecule has 0 saturated carbocycles. The van der Waals surface area contributed by atoms with E-state index in [1.54, 1.807) is 0 Å². The van der Waals surface area contributed by atoms with Gasteiger partial charge in [-0.3, -0.25) is 4.98 Å². The van der Waals surface area contributed by atoms with Crippen molar-refractivity contribution in [2.75, 3.05) is 37.6 Å². The molecule has 2 aromatic heterocycles. The highest BCUT2D eigenvalue weighted by Gasteiger charge is 2.20. The second kappa shape index (κ2) is 8.86. The Labute approximate surface area is 174 Å². The maximum atomic E-state index is 4.47. The molecule has 144 valence electrons. The van der Waals surface area contributed by atoms with Crippen LogP contribution in [0, 0.1) is 6.92 Å². The molecule has 2 aliphatic rings. The van der Waals surface area contributed by atoms with E-state index >= 15 is 0 Å². The van der Waals surface area contributed by atoms with Gasteiger partial charge in [0, 0.05) is 43.3 Å². The average molecular weight is 447 g/mol. The van der Waals surface area contributed by atoms with Gasteiger partial charge in [-0.2, -0.15) is 0 Å². The minimum absolute atomic E-state index is 0.644. The van der Waals surface area contributed by atoms with E-state index in [0.717, 1.165) is 31.9 Å². The fraction of sp³-hybridized carbons (Fsp3) is 0.476. The van der Waals surface area contributed by atoms with Crippen LogP contribution in [0.25, 0.3) is 6.08 Å². The van der Waals surface area contributed by atoms with Crippen molar-refractivity contribution in [1.82, 2.24) is 15.2 Å². The number of hydrogen-bond donors (Lipinski definition) is 1. The summed E-state index contributed by atoms with van der Waals surface area (Å²) in [4.78, 5) is 11.0. The lowest BCUT2D eigenvalue weighted by Gasteiger charge is -2.35. The van der Waals surface area contributed by atoms with E-state index in [0.29, 0.717) is 6.04 Å². The number of hydrogen-bond acceptors (Lipinski definition) is 5. The third kappa shape index (κ3) is 4.80. The van der Waals surface area contributed by atoms with Crippen LogP contribution < -0.4 is 10.2 Å². The Kier molecular flexibility index (Phi) is 6.28. The summed E-state index contributed by atoms with van der Waals surface area (Å²) in [6, 6.07) is 7.16. The predicted molar refractivity (Wildman–Crippen MR) is 119 cm³/mol. The van der Waals surface area contributed by atoms with Crippen LogP contribution in [0.4, 0.5) is 5.69 Å². The number of rotatable bonds is 6. The van der Waals surface area contributed by atoms with Crippen molar-refractivity contribution in [3.05, 3.63) is 50.4 Å². The quantitative estimate of drug-likeness (QED) is 0.716. The van der Waals surface area contributed by atoms with Crippen molar-refractivity contribution in [1.29, 1.82) is 0 Å². The molecule has 0 radical (unpaired) electrons. The topological polar surface area (TPSA) is 31.4 Å². The number of thiophene rings is 1. The molecule has 0 bridgehead atoms. The fourth-order valence-corrected chi connectivity index (χ4v) is 5.46. The summed E-state index contributed by atoms with van der Waals surface area (Å²) in [5.74, 6) is 0. The van der Waals surface area contributed by atoms with Gasteiger partial charge in [0.15, 0.2) is 0 Å². The fourth-order valence-electron chi connectivity index (χ4n) is 3.88. The van der Waals surface area contributed by atoms with Crippen molar-refractivity contribution in [2.24, 2.45) is 0 Å². The number of piperidine rings is 1. The molecule has 4 nitrogen and oxygen atoms in total. The molecule has 0 unspecified atom stereocenters. The smallest absolute Gasteiger partial charge is 0.0860 e. The minimum Gasteiger partial charge on any atom is -0.365 e. The second-order valence-corrected chi connectivity index (χ2v) is 9.88. The second-order valence-electron chi connectivity index (χ2n) is 7.42. The van der Waals surface area contributed by atoms with E-state index < -0.39 is 0 Å². The lowest BCUT2D eigenvalue weighted by Crippen LogP contribution is -2.45. The molecule has 4 rings (SSSR count). The van der Waals surface area contributed by atoms with E-state index in [1.165, 1.54) is 45.8 Å². The molecular weight excluding hydrogens is 420 g/mol. The monoisotopic (exact) mass is 446 g/mol. The van der Waals surface area contributed by atoms with Crippen LogP contribution in [0.3, 0.4) is 0 Å². The number of fused-ring (bicyclic) bond motifs is 1. The molecule has 4 heterocycles. The molecule has 1 fully saturated rings. The molecule has 0 spiro atoms. The van der Waals surface area contributed by atoms with Gasteiger partial charge < -0.3 is 15.1 Å². The van der Waals surface area contributed by atoms with Gasteiger partial charge in [0.2, 0.25) is 0 Å². The summed E-state index contributed by atoms with van der Waals surface area (Å²) in [5, 5.41) is 3.75. The third-order valence-corrected chi connectivity index (χ3v) is 7.64. The highest BCUT2D eigenvalue weighted by molar-refractivity contribution is 9.11. The number of nitrogens with one attached hydrogen (secondary N) is 1. The van der Waals surface area contributed by atoms with E-state index in [4.69, 9.17) is 0 Å². The zero-order valence-corrected chi connectivity index (χ0v) is 18.2. The first-order chi connectivity index (χ1) is 13.2. The molecule has 6 heteroatoms. The summed E-state index contributed by atoms with van der Waals surface area (Å²) in [6.45, 7) is 8.73. The number of nitrogens with zero attached hydrogens (tertiary/aromatic N) is 3. The largest absolute Gasteiger partial charge is 0.365 e.